The molecule has 3 N–H and O–H groups in total. The van der Waals surface area contributed by atoms with Gasteiger partial charge in [-0.25, -0.2) is 15.4 Å². The number of fused-ring (bicyclic) bond motifs is 1. The third kappa shape index (κ3) is 1.94. The maximum atomic E-state index is 12.6. The van der Waals surface area contributed by atoms with Crippen LogP contribution in [0.2, 0.25) is 0 Å². The second-order valence-corrected chi connectivity index (χ2v) is 4.57. The summed E-state index contributed by atoms with van der Waals surface area (Å²) in [5.74, 6) is 5.82. The van der Waals surface area contributed by atoms with Gasteiger partial charge in [-0.05, 0) is 31.2 Å². The molecule has 0 aliphatic carbocycles. The van der Waals surface area contributed by atoms with E-state index in [4.69, 9.17) is 5.84 Å². The van der Waals surface area contributed by atoms with Crippen LogP contribution >= 0.6 is 0 Å². The van der Waals surface area contributed by atoms with Crippen molar-refractivity contribution in [3.05, 3.63) is 64.4 Å². The number of nitrogens with one attached hydrogen (secondary N) is 1. The standard InChI is InChI=1S/C15H14N4O/c1-10-6-8-11(9-7-10)19-14(20)12-4-2-3-5-13(12)17-15(19)18-16/h2-9H,16H2,1H3,(H,17,18). The van der Waals surface area contributed by atoms with Gasteiger partial charge in [0.2, 0.25) is 5.95 Å². The fourth-order valence-corrected chi connectivity index (χ4v) is 2.16. The highest BCUT2D eigenvalue weighted by Gasteiger charge is 2.11. The Balaban J connectivity index is 2.36. The Morgan fingerprint density at radius 1 is 1.10 bits per heavy atom. The van der Waals surface area contributed by atoms with Gasteiger partial charge in [0.1, 0.15) is 0 Å². The fraction of sp³-hybridized carbons (Fsp3) is 0.0667. The number of aryl methyl sites for hydroxylation is 1. The molecule has 20 heavy (non-hydrogen) atoms. The zero-order valence-corrected chi connectivity index (χ0v) is 11.0. The molecule has 0 fully saturated rings. The molecule has 0 atom stereocenters. The van der Waals surface area contributed by atoms with Crippen molar-refractivity contribution in [3.63, 3.8) is 0 Å². The summed E-state index contributed by atoms with van der Waals surface area (Å²) in [6, 6.07) is 14.8. The van der Waals surface area contributed by atoms with Crippen LogP contribution in [0.25, 0.3) is 16.6 Å². The Morgan fingerprint density at radius 3 is 2.50 bits per heavy atom. The molecule has 1 heterocycles. The third-order valence-corrected chi connectivity index (χ3v) is 3.20. The number of hydrogen-bond donors (Lipinski definition) is 2. The molecule has 3 rings (SSSR count). The first-order chi connectivity index (χ1) is 9.70. The number of anilines is 1. The lowest BCUT2D eigenvalue weighted by Crippen LogP contribution is -2.25. The monoisotopic (exact) mass is 266 g/mol. The van der Waals surface area contributed by atoms with Crippen LogP contribution in [0.5, 0.6) is 0 Å². The number of nitrogens with two attached hydrogens (primary N) is 1. The van der Waals surface area contributed by atoms with Crippen molar-refractivity contribution in [2.24, 2.45) is 5.84 Å². The topological polar surface area (TPSA) is 72.9 Å². The van der Waals surface area contributed by atoms with Crippen LogP contribution in [0.3, 0.4) is 0 Å². The van der Waals surface area contributed by atoms with Crippen molar-refractivity contribution < 1.29 is 0 Å². The Morgan fingerprint density at radius 2 is 1.80 bits per heavy atom. The maximum absolute atomic E-state index is 12.6. The van der Waals surface area contributed by atoms with E-state index in [1.165, 1.54) is 4.57 Å². The molecule has 0 bridgehead atoms. The zero-order valence-electron chi connectivity index (χ0n) is 11.0. The van der Waals surface area contributed by atoms with Crippen molar-refractivity contribution in [1.82, 2.24) is 9.55 Å². The molecule has 1 aromatic heterocycles. The van der Waals surface area contributed by atoms with E-state index in [2.05, 4.69) is 10.4 Å². The van der Waals surface area contributed by atoms with Gasteiger partial charge in [-0.15, -0.1) is 0 Å². The SMILES string of the molecule is Cc1ccc(-n2c(NN)nc3ccccc3c2=O)cc1. The molecular weight excluding hydrogens is 252 g/mol. The van der Waals surface area contributed by atoms with Gasteiger partial charge in [0.25, 0.3) is 5.56 Å². The maximum Gasteiger partial charge on any atom is 0.267 e. The molecule has 5 nitrogen and oxygen atoms in total. The lowest BCUT2D eigenvalue weighted by atomic mass is 10.2. The molecule has 100 valence electrons. The quantitative estimate of drug-likeness (QED) is 0.549. The minimum Gasteiger partial charge on any atom is -0.293 e. The molecule has 2 aromatic carbocycles. The molecule has 0 amide bonds. The molecule has 3 aromatic rings. The van der Waals surface area contributed by atoms with Gasteiger partial charge in [-0.3, -0.25) is 10.2 Å². The molecule has 0 spiro atoms. The zero-order chi connectivity index (χ0) is 14.1. The van der Waals surface area contributed by atoms with E-state index in [-0.39, 0.29) is 5.56 Å². The summed E-state index contributed by atoms with van der Waals surface area (Å²) in [4.78, 5) is 17.0. The fourth-order valence-electron chi connectivity index (χ4n) is 2.16. The van der Waals surface area contributed by atoms with Gasteiger partial charge in [0.15, 0.2) is 0 Å². The Hall–Kier alpha value is -2.66. The van der Waals surface area contributed by atoms with E-state index in [0.717, 1.165) is 11.3 Å². The second-order valence-electron chi connectivity index (χ2n) is 4.57. The van der Waals surface area contributed by atoms with E-state index in [0.29, 0.717) is 16.9 Å². The molecule has 0 saturated heterocycles. The van der Waals surface area contributed by atoms with Gasteiger partial charge in [-0.1, -0.05) is 29.8 Å². The van der Waals surface area contributed by atoms with Gasteiger partial charge >= 0.3 is 0 Å². The second kappa shape index (κ2) is 4.79. The van der Waals surface area contributed by atoms with Crippen LogP contribution in [0.4, 0.5) is 5.95 Å². The van der Waals surface area contributed by atoms with Crippen LogP contribution in [0, 0.1) is 6.92 Å². The van der Waals surface area contributed by atoms with E-state index >= 15 is 0 Å². The summed E-state index contributed by atoms with van der Waals surface area (Å²) < 4.78 is 1.47. The van der Waals surface area contributed by atoms with E-state index in [1.807, 2.05) is 43.3 Å². The first-order valence-electron chi connectivity index (χ1n) is 6.26. The number of hydrazine groups is 1. The highest BCUT2D eigenvalue weighted by atomic mass is 16.1. The van der Waals surface area contributed by atoms with Crippen LogP contribution < -0.4 is 16.8 Å². The summed E-state index contributed by atoms with van der Waals surface area (Å²) in [7, 11) is 0. The number of para-hydroxylation sites is 1. The average molecular weight is 266 g/mol. The minimum absolute atomic E-state index is 0.146. The number of aromatic nitrogens is 2. The lowest BCUT2D eigenvalue weighted by molar-refractivity contribution is 0.955. The van der Waals surface area contributed by atoms with Crippen LogP contribution in [-0.4, -0.2) is 9.55 Å². The number of benzene rings is 2. The predicted molar refractivity (Wildman–Crippen MR) is 79.9 cm³/mol. The summed E-state index contributed by atoms with van der Waals surface area (Å²) in [5, 5.41) is 0.562. The number of rotatable bonds is 2. The van der Waals surface area contributed by atoms with Crippen LogP contribution in [-0.2, 0) is 0 Å². The van der Waals surface area contributed by atoms with Crippen molar-refractivity contribution >= 4 is 16.9 Å². The predicted octanol–water partition coefficient (Wildman–Crippen LogP) is 1.98. The molecule has 0 unspecified atom stereocenters. The van der Waals surface area contributed by atoms with Gasteiger partial charge < -0.3 is 0 Å². The van der Waals surface area contributed by atoms with Gasteiger partial charge in [-0.2, -0.15) is 0 Å². The van der Waals surface area contributed by atoms with Gasteiger partial charge in [0, 0.05) is 0 Å². The van der Waals surface area contributed by atoms with Crippen LogP contribution in [0.1, 0.15) is 5.56 Å². The molecule has 0 saturated carbocycles. The lowest BCUT2D eigenvalue weighted by Gasteiger charge is -2.12. The van der Waals surface area contributed by atoms with Crippen molar-refractivity contribution in [2.75, 3.05) is 5.43 Å². The average Bonchev–Trinajstić information content (AvgIpc) is 2.48. The smallest absolute Gasteiger partial charge is 0.267 e. The van der Waals surface area contributed by atoms with E-state index < -0.39 is 0 Å². The molecule has 0 radical (unpaired) electrons. The minimum atomic E-state index is -0.146. The van der Waals surface area contributed by atoms with Crippen LogP contribution in [0.15, 0.2) is 53.3 Å². The highest BCUT2D eigenvalue weighted by Crippen LogP contribution is 2.15. The molecule has 0 aliphatic heterocycles. The molecule has 5 heteroatoms. The summed E-state index contributed by atoms with van der Waals surface area (Å²) in [6.07, 6.45) is 0. The van der Waals surface area contributed by atoms with Crippen molar-refractivity contribution in [2.45, 2.75) is 6.92 Å². The third-order valence-electron chi connectivity index (χ3n) is 3.20. The van der Waals surface area contributed by atoms with Crippen molar-refractivity contribution in [3.8, 4) is 5.69 Å². The first kappa shape index (κ1) is 12.4. The van der Waals surface area contributed by atoms with E-state index in [9.17, 15) is 4.79 Å². The normalized spacial score (nSPS) is 10.7. The number of nitrogen functional groups attached to an aromatic ring is 1. The first-order valence-corrected chi connectivity index (χ1v) is 6.26. The summed E-state index contributed by atoms with van der Waals surface area (Å²) in [5.41, 5.74) is 4.82. The molecular formula is C15H14N4O. The Kier molecular flexibility index (Phi) is 2.96. The summed E-state index contributed by atoms with van der Waals surface area (Å²) >= 11 is 0. The molecule has 0 aliphatic rings. The Labute approximate surface area is 115 Å². The number of nitrogens with zero attached hydrogens (tertiary/aromatic N) is 2. The van der Waals surface area contributed by atoms with Gasteiger partial charge in [0.05, 0.1) is 16.6 Å². The van der Waals surface area contributed by atoms with E-state index in [1.54, 1.807) is 12.1 Å². The Bertz CT molecular complexity index is 821. The van der Waals surface area contributed by atoms with Crippen molar-refractivity contribution in [1.29, 1.82) is 0 Å². The summed E-state index contributed by atoms with van der Waals surface area (Å²) in [6.45, 7) is 1.99. The highest BCUT2D eigenvalue weighted by molar-refractivity contribution is 5.79. The number of hydrogen-bond acceptors (Lipinski definition) is 4. The largest absolute Gasteiger partial charge is 0.293 e.